The SMILES string of the molecule is CCCOC1(OCCC)N=C(N)C2(C#N)C(c3ccc(SC)cc3)C12C#N. The lowest BCUT2D eigenvalue weighted by Gasteiger charge is -2.32. The van der Waals surface area contributed by atoms with Crippen molar-refractivity contribution in [2.24, 2.45) is 21.6 Å². The number of hydrogen-bond acceptors (Lipinski definition) is 7. The van der Waals surface area contributed by atoms with Gasteiger partial charge in [-0.25, -0.2) is 4.99 Å². The zero-order valence-electron chi connectivity index (χ0n) is 15.9. The first-order valence-corrected chi connectivity index (χ1v) is 10.4. The number of amidine groups is 1. The van der Waals surface area contributed by atoms with Crippen molar-refractivity contribution in [1.29, 1.82) is 10.5 Å². The van der Waals surface area contributed by atoms with Crippen molar-refractivity contribution < 1.29 is 9.47 Å². The second-order valence-corrected chi connectivity index (χ2v) is 7.70. The predicted octanol–water partition coefficient (Wildman–Crippen LogP) is 3.40. The number of nitrogens with two attached hydrogens (primary N) is 1. The Hall–Kier alpha value is -2.06. The highest BCUT2D eigenvalue weighted by Crippen LogP contribution is 2.82. The summed E-state index contributed by atoms with van der Waals surface area (Å²) in [5.74, 6) is -1.86. The van der Waals surface area contributed by atoms with Crippen LogP contribution in [-0.2, 0) is 9.47 Å². The molecule has 0 saturated heterocycles. The average Bonchev–Trinajstić information content (AvgIpc) is 3.28. The number of benzene rings is 1. The van der Waals surface area contributed by atoms with E-state index < -0.39 is 22.7 Å². The van der Waals surface area contributed by atoms with Crippen LogP contribution < -0.4 is 5.73 Å². The van der Waals surface area contributed by atoms with Crippen molar-refractivity contribution in [1.82, 2.24) is 0 Å². The third kappa shape index (κ3) is 2.42. The molecule has 3 atom stereocenters. The fourth-order valence-corrected chi connectivity index (χ4v) is 4.54. The van der Waals surface area contributed by atoms with E-state index in [4.69, 9.17) is 15.2 Å². The summed E-state index contributed by atoms with van der Waals surface area (Å²) in [5.41, 5.74) is 4.60. The van der Waals surface area contributed by atoms with E-state index in [9.17, 15) is 10.5 Å². The zero-order chi connectivity index (χ0) is 19.7. The van der Waals surface area contributed by atoms with Gasteiger partial charge in [-0.1, -0.05) is 26.0 Å². The van der Waals surface area contributed by atoms with Crippen LogP contribution in [0.5, 0.6) is 0 Å². The molecule has 1 heterocycles. The van der Waals surface area contributed by atoms with E-state index in [-0.39, 0.29) is 5.84 Å². The fraction of sp³-hybridized carbons (Fsp3) is 0.550. The van der Waals surface area contributed by atoms with E-state index in [0.717, 1.165) is 23.3 Å². The molecule has 2 N–H and O–H groups in total. The Bertz CT molecular complexity index is 818. The maximum atomic E-state index is 10.3. The Morgan fingerprint density at radius 1 is 1.11 bits per heavy atom. The van der Waals surface area contributed by atoms with Crippen LogP contribution in [-0.4, -0.2) is 31.2 Å². The first-order chi connectivity index (χ1) is 13.0. The maximum absolute atomic E-state index is 10.3. The highest BCUT2D eigenvalue weighted by Gasteiger charge is 2.93. The van der Waals surface area contributed by atoms with Crippen LogP contribution in [0.4, 0.5) is 0 Å². The second-order valence-electron chi connectivity index (χ2n) is 6.82. The van der Waals surface area contributed by atoms with Crippen molar-refractivity contribution in [3.05, 3.63) is 29.8 Å². The summed E-state index contributed by atoms with van der Waals surface area (Å²) in [6, 6.07) is 12.5. The number of ether oxygens (including phenoxy) is 2. The van der Waals surface area contributed by atoms with Gasteiger partial charge in [0.05, 0.1) is 25.4 Å². The van der Waals surface area contributed by atoms with Gasteiger partial charge in [0.1, 0.15) is 11.3 Å². The highest BCUT2D eigenvalue weighted by atomic mass is 32.2. The number of hydrogen-bond donors (Lipinski definition) is 1. The average molecular weight is 385 g/mol. The minimum atomic E-state index is -1.55. The molecule has 1 aromatic carbocycles. The lowest BCUT2D eigenvalue weighted by molar-refractivity contribution is -0.259. The molecule has 1 saturated carbocycles. The van der Waals surface area contributed by atoms with E-state index in [1.165, 1.54) is 0 Å². The molecule has 142 valence electrons. The molecule has 0 bridgehead atoms. The Labute approximate surface area is 164 Å². The Balaban J connectivity index is 2.13. The van der Waals surface area contributed by atoms with Gasteiger partial charge >= 0.3 is 0 Å². The lowest BCUT2D eigenvalue weighted by atomic mass is 9.93. The molecule has 0 spiro atoms. The first-order valence-electron chi connectivity index (χ1n) is 9.13. The van der Waals surface area contributed by atoms with Gasteiger partial charge in [-0.3, -0.25) is 0 Å². The Morgan fingerprint density at radius 3 is 2.15 bits per heavy atom. The van der Waals surface area contributed by atoms with E-state index in [0.29, 0.717) is 13.2 Å². The maximum Gasteiger partial charge on any atom is 0.293 e. The number of rotatable bonds is 8. The molecule has 27 heavy (non-hydrogen) atoms. The number of nitrogens with zero attached hydrogens (tertiary/aromatic N) is 3. The van der Waals surface area contributed by atoms with E-state index >= 15 is 0 Å². The molecule has 1 aliphatic carbocycles. The first kappa shape index (κ1) is 19.7. The molecule has 7 heteroatoms. The van der Waals surface area contributed by atoms with Crippen LogP contribution in [0.3, 0.4) is 0 Å². The van der Waals surface area contributed by atoms with Crippen LogP contribution in [0.2, 0.25) is 0 Å². The van der Waals surface area contributed by atoms with Crippen molar-refractivity contribution in [3.63, 3.8) is 0 Å². The van der Waals surface area contributed by atoms with Gasteiger partial charge in [-0.05, 0) is 36.8 Å². The van der Waals surface area contributed by atoms with Gasteiger partial charge < -0.3 is 15.2 Å². The van der Waals surface area contributed by atoms with Gasteiger partial charge in [-0.2, -0.15) is 10.5 Å². The zero-order valence-corrected chi connectivity index (χ0v) is 16.7. The van der Waals surface area contributed by atoms with Crippen LogP contribution in [0, 0.1) is 33.5 Å². The van der Waals surface area contributed by atoms with E-state index in [1.54, 1.807) is 11.8 Å². The van der Waals surface area contributed by atoms with Gasteiger partial charge in [0.15, 0.2) is 5.41 Å². The number of thioether (sulfide) groups is 1. The molecule has 1 aliphatic heterocycles. The third-order valence-corrected chi connectivity index (χ3v) is 6.12. The highest BCUT2D eigenvalue weighted by molar-refractivity contribution is 7.98. The van der Waals surface area contributed by atoms with Gasteiger partial charge in [0.25, 0.3) is 5.91 Å². The molecular formula is C20H24N4O2S. The van der Waals surface area contributed by atoms with Crippen molar-refractivity contribution in [2.45, 2.75) is 43.4 Å². The molecule has 2 aliphatic rings. The summed E-state index contributed by atoms with van der Waals surface area (Å²) < 4.78 is 12.0. The van der Waals surface area contributed by atoms with Gasteiger partial charge in [-0.15, -0.1) is 11.8 Å². The minimum Gasteiger partial charge on any atom is -0.386 e. The van der Waals surface area contributed by atoms with Crippen LogP contribution in [0.25, 0.3) is 0 Å². The quantitative estimate of drug-likeness (QED) is 0.544. The standard InChI is InChI=1S/C20H24N4O2S/c1-4-10-25-20(26-11-5-2)19(13-22)16(18(19,12-21)17(23)24-20)14-6-8-15(27-3)9-7-14/h6-9,16H,4-5,10-11H2,1-3H3,(H2,23,24). The second kappa shape index (κ2) is 7.16. The van der Waals surface area contributed by atoms with Crippen LogP contribution in [0.15, 0.2) is 34.2 Å². The molecular weight excluding hydrogens is 360 g/mol. The lowest BCUT2D eigenvalue weighted by Crippen LogP contribution is -2.44. The molecule has 3 unspecified atom stereocenters. The number of nitriles is 2. The third-order valence-electron chi connectivity index (χ3n) is 5.38. The summed E-state index contributed by atoms with van der Waals surface area (Å²) in [5, 5.41) is 20.3. The largest absolute Gasteiger partial charge is 0.386 e. The minimum absolute atomic E-state index is 0.123. The topological polar surface area (TPSA) is 104 Å². The van der Waals surface area contributed by atoms with Gasteiger partial charge in [0, 0.05) is 10.8 Å². The monoisotopic (exact) mass is 384 g/mol. The van der Waals surface area contributed by atoms with Crippen molar-refractivity contribution in [2.75, 3.05) is 19.5 Å². The van der Waals surface area contributed by atoms with E-state index in [1.807, 2.05) is 44.4 Å². The molecule has 3 rings (SSSR count). The Morgan fingerprint density at radius 2 is 1.70 bits per heavy atom. The van der Waals surface area contributed by atoms with Crippen molar-refractivity contribution in [3.8, 4) is 12.1 Å². The summed E-state index contributed by atoms with van der Waals surface area (Å²) in [6.07, 6.45) is 3.48. The van der Waals surface area contributed by atoms with Gasteiger partial charge in [0.2, 0.25) is 0 Å². The predicted molar refractivity (Wildman–Crippen MR) is 104 cm³/mol. The molecule has 6 nitrogen and oxygen atoms in total. The summed E-state index contributed by atoms with van der Waals surface area (Å²) >= 11 is 1.64. The normalized spacial score (nSPS) is 30.1. The van der Waals surface area contributed by atoms with E-state index in [2.05, 4.69) is 17.1 Å². The Kier molecular flexibility index (Phi) is 5.22. The van der Waals surface area contributed by atoms with Crippen molar-refractivity contribution >= 4 is 17.6 Å². The summed E-state index contributed by atoms with van der Waals surface area (Å²) in [6.45, 7) is 4.67. The van der Waals surface area contributed by atoms with Crippen LogP contribution in [0.1, 0.15) is 38.2 Å². The summed E-state index contributed by atoms with van der Waals surface area (Å²) in [7, 11) is 0. The molecule has 1 fully saturated rings. The smallest absolute Gasteiger partial charge is 0.293 e. The summed E-state index contributed by atoms with van der Waals surface area (Å²) in [4.78, 5) is 5.53. The van der Waals surface area contributed by atoms with Crippen LogP contribution >= 0.6 is 11.8 Å². The molecule has 1 aromatic rings. The molecule has 0 amide bonds. The molecule has 0 aromatic heterocycles. The number of fused-ring (bicyclic) bond motifs is 1. The fourth-order valence-electron chi connectivity index (χ4n) is 4.14. The molecule has 0 radical (unpaired) electrons. The number of aliphatic imine (C=N–C) groups is 1.